The van der Waals surface area contributed by atoms with Crippen molar-refractivity contribution in [3.63, 3.8) is 0 Å². The van der Waals surface area contributed by atoms with Gasteiger partial charge in [0.15, 0.2) is 0 Å². The maximum atomic E-state index is 12.4. The zero-order valence-corrected chi connectivity index (χ0v) is 8.51. The molecule has 0 radical (unpaired) electrons. The Bertz CT molecular complexity index is 507. The van der Waals surface area contributed by atoms with Crippen molar-refractivity contribution in [1.82, 2.24) is 5.16 Å². The molecule has 0 fully saturated rings. The monoisotopic (exact) mass is 247 g/mol. The summed E-state index contributed by atoms with van der Waals surface area (Å²) in [5.74, 6) is 0. The number of nitrogens with zero attached hydrogens (tertiary/aromatic N) is 1. The highest BCUT2D eigenvalue weighted by Crippen LogP contribution is 2.32. The van der Waals surface area contributed by atoms with E-state index in [1.807, 2.05) is 0 Å². The van der Waals surface area contributed by atoms with Crippen molar-refractivity contribution < 1.29 is 17.7 Å². The first kappa shape index (κ1) is 11.0. The normalized spacial score (nSPS) is 11.8. The maximum Gasteiger partial charge on any atom is 0.416 e. The van der Waals surface area contributed by atoms with Gasteiger partial charge in [-0.1, -0.05) is 17.3 Å². The standard InChI is InChI=1S/C10H5ClF3NO/c11-9-5-8(15-16-9)6-2-1-3-7(4-6)10(12,13)14/h1-5H. The Hall–Kier alpha value is -1.49. The van der Waals surface area contributed by atoms with Gasteiger partial charge in [-0.05, 0) is 23.7 Å². The molecule has 0 aliphatic carbocycles. The Balaban J connectivity index is 2.44. The second kappa shape index (κ2) is 3.83. The van der Waals surface area contributed by atoms with Gasteiger partial charge in [-0.2, -0.15) is 13.2 Å². The van der Waals surface area contributed by atoms with E-state index < -0.39 is 11.7 Å². The lowest BCUT2D eigenvalue weighted by atomic mass is 10.1. The summed E-state index contributed by atoms with van der Waals surface area (Å²) in [7, 11) is 0. The predicted octanol–water partition coefficient (Wildman–Crippen LogP) is 4.01. The molecular formula is C10H5ClF3NO. The fourth-order valence-electron chi connectivity index (χ4n) is 1.24. The van der Waals surface area contributed by atoms with E-state index in [-0.39, 0.29) is 10.9 Å². The van der Waals surface area contributed by atoms with E-state index in [1.54, 1.807) is 0 Å². The van der Waals surface area contributed by atoms with Gasteiger partial charge in [-0.3, -0.25) is 0 Å². The van der Waals surface area contributed by atoms with Gasteiger partial charge in [0, 0.05) is 11.6 Å². The van der Waals surface area contributed by atoms with Crippen LogP contribution in [0.5, 0.6) is 0 Å². The summed E-state index contributed by atoms with van der Waals surface area (Å²) in [6.45, 7) is 0. The summed E-state index contributed by atoms with van der Waals surface area (Å²) in [4.78, 5) is 0. The number of hydrogen-bond donors (Lipinski definition) is 0. The van der Waals surface area contributed by atoms with Crippen molar-refractivity contribution in [3.05, 3.63) is 41.1 Å². The molecule has 1 aromatic heterocycles. The highest BCUT2D eigenvalue weighted by atomic mass is 35.5. The van der Waals surface area contributed by atoms with Gasteiger partial charge in [0.05, 0.1) is 5.56 Å². The van der Waals surface area contributed by atoms with Crippen molar-refractivity contribution in [1.29, 1.82) is 0 Å². The molecule has 6 heteroatoms. The lowest BCUT2D eigenvalue weighted by molar-refractivity contribution is -0.137. The third kappa shape index (κ3) is 2.19. The summed E-state index contributed by atoms with van der Waals surface area (Å²) in [6.07, 6.45) is -4.37. The number of alkyl halides is 3. The van der Waals surface area contributed by atoms with Gasteiger partial charge >= 0.3 is 6.18 Å². The van der Waals surface area contributed by atoms with E-state index in [2.05, 4.69) is 9.68 Å². The lowest BCUT2D eigenvalue weighted by Crippen LogP contribution is -2.04. The summed E-state index contributed by atoms with van der Waals surface area (Å²) in [5, 5.41) is 3.57. The summed E-state index contributed by atoms with van der Waals surface area (Å²) in [6, 6.07) is 6.15. The average Bonchev–Trinajstić information content (AvgIpc) is 2.64. The zero-order valence-electron chi connectivity index (χ0n) is 7.75. The Kier molecular flexibility index (Phi) is 2.63. The van der Waals surface area contributed by atoms with Crippen LogP contribution < -0.4 is 0 Å². The van der Waals surface area contributed by atoms with E-state index in [1.165, 1.54) is 18.2 Å². The first-order valence-corrected chi connectivity index (χ1v) is 4.64. The number of halogens is 4. The molecular weight excluding hydrogens is 243 g/mol. The Morgan fingerprint density at radius 1 is 1.19 bits per heavy atom. The minimum absolute atomic E-state index is 0.0346. The molecule has 0 bridgehead atoms. The quantitative estimate of drug-likeness (QED) is 0.761. The van der Waals surface area contributed by atoms with E-state index in [9.17, 15) is 13.2 Å². The molecule has 84 valence electrons. The second-order valence-corrected chi connectivity index (χ2v) is 3.47. The van der Waals surface area contributed by atoms with E-state index >= 15 is 0 Å². The molecule has 0 unspecified atom stereocenters. The molecule has 0 atom stereocenters. The molecule has 0 saturated heterocycles. The Morgan fingerprint density at radius 2 is 1.94 bits per heavy atom. The number of benzene rings is 1. The molecule has 2 aromatic rings. The van der Waals surface area contributed by atoms with Gasteiger partial charge < -0.3 is 4.52 Å². The van der Waals surface area contributed by atoms with Crippen molar-refractivity contribution in [2.75, 3.05) is 0 Å². The van der Waals surface area contributed by atoms with Crippen LogP contribution in [-0.2, 0) is 6.18 Å². The minimum atomic E-state index is -4.37. The van der Waals surface area contributed by atoms with Crippen LogP contribution in [0.1, 0.15) is 5.56 Å². The van der Waals surface area contributed by atoms with E-state index in [4.69, 9.17) is 11.6 Å². The molecule has 0 spiro atoms. The number of hydrogen-bond acceptors (Lipinski definition) is 2. The van der Waals surface area contributed by atoms with Gasteiger partial charge in [0.2, 0.25) is 5.22 Å². The highest BCUT2D eigenvalue weighted by molar-refractivity contribution is 6.29. The van der Waals surface area contributed by atoms with Crippen LogP contribution in [0.3, 0.4) is 0 Å². The zero-order chi connectivity index (χ0) is 11.8. The fourth-order valence-corrected chi connectivity index (χ4v) is 1.38. The molecule has 2 rings (SSSR count). The number of rotatable bonds is 1. The lowest BCUT2D eigenvalue weighted by Gasteiger charge is -2.06. The van der Waals surface area contributed by atoms with Crippen molar-refractivity contribution in [3.8, 4) is 11.3 Å². The molecule has 0 saturated carbocycles. The molecule has 0 amide bonds. The first-order chi connectivity index (χ1) is 7.47. The third-order valence-corrected chi connectivity index (χ3v) is 2.15. The van der Waals surface area contributed by atoms with E-state index in [0.29, 0.717) is 5.56 Å². The average molecular weight is 248 g/mol. The molecule has 2 nitrogen and oxygen atoms in total. The van der Waals surface area contributed by atoms with Crippen LogP contribution in [0.15, 0.2) is 34.9 Å². The third-order valence-electron chi connectivity index (χ3n) is 1.97. The molecule has 0 N–H and O–H groups in total. The maximum absolute atomic E-state index is 12.4. The fraction of sp³-hybridized carbons (Fsp3) is 0.100. The van der Waals surface area contributed by atoms with Gasteiger partial charge in [0.1, 0.15) is 5.69 Å². The first-order valence-electron chi connectivity index (χ1n) is 4.26. The number of aromatic nitrogens is 1. The van der Waals surface area contributed by atoms with Crippen LogP contribution in [0.2, 0.25) is 5.22 Å². The van der Waals surface area contributed by atoms with Crippen LogP contribution in [-0.4, -0.2) is 5.16 Å². The largest absolute Gasteiger partial charge is 0.416 e. The van der Waals surface area contributed by atoms with Crippen LogP contribution in [0, 0.1) is 0 Å². The Morgan fingerprint density at radius 3 is 2.50 bits per heavy atom. The van der Waals surface area contributed by atoms with Gasteiger partial charge in [0.25, 0.3) is 0 Å². The molecule has 0 aliphatic heterocycles. The topological polar surface area (TPSA) is 26.0 Å². The van der Waals surface area contributed by atoms with Crippen LogP contribution in [0.4, 0.5) is 13.2 Å². The molecule has 16 heavy (non-hydrogen) atoms. The highest BCUT2D eigenvalue weighted by Gasteiger charge is 2.30. The van der Waals surface area contributed by atoms with Gasteiger partial charge in [-0.15, -0.1) is 0 Å². The van der Waals surface area contributed by atoms with Crippen LogP contribution >= 0.6 is 11.6 Å². The van der Waals surface area contributed by atoms with Crippen molar-refractivity contribution in [2.24, 2.45) is 0 Å². The Labute approximate surface area is 93.6 Å². The predicted molar refractivity (Wildman–Crippen MR) is 52.0 cm³/mol. The van der Waals surface area contributed by atoms with E-state index in [0.717, 1.165) is 12.1 Å². The van der Waals surface area contributed by atoms with Crippen molar-refractivity contribution in [2.45, 2.75) is 6.18 Å². The summed E-state index contributed by atoms with van der Waals surface area (Å²) >= 11 is 5.49. The van der Waals surface area contributed by atoms with Gasteiger partial charge in [-0.25, -0.2) is 0 Å². The minimum Gasteiger partial charge on any atom is -0.344 e. The summed E-state index contributed by atoms with van der Waals surface area (Å²) < 4.78 is 41.8. The summed E-state index contributed by atoms with van der Waals surface area (Å²) in [5.41, 5.74) is -0.148. The van der Waals surface area contributed by atoms with Crippen LogP contribution in [0.25, 0.3) is 11.3 Å². The SMILES string of the molecule is FC(F)(F)c1cccc(-c2cc(Cl)on2)c1. The van der Waals surface area contributed by atoms with Crippen molar-refractivity contribution >= 4 is 11.6 Å². The molecule has 0 aliphatic rings. The second-order valence-electron chi connectivity index (χ2n) is 3.09. The molecule has 1 aromatic carbocycles. The smallest absolute Gasteiger partial charge is 0.344 e. The molecule has 1 heterocycles.